The molecule has 6 heteroatoms. The molecule has 1 aliphatic carbocycles. The highest BCUT2D eigenvalue weighted by Gasteiger charge is 2.31. The first-order valence-corrected chi connectivity index (χ1v) is 10.6. The van der Waals surface area contributed by atoms with E-state index in [0.717, 1.165) is 24.8 Å². The van der Waals surface area contributed by atoms with Crippen LogP contribution in [0.5, 0.6) is 0 Å². The lowest BCUT2D eigenvalue weighted by atomic mass is 9.85. The highest BCUT2D eigenvalue weighted by atomic mass is 32.2. The van der Waals surface area contributed by atoms with E-state index in [1.54, 1.807) is 24.3 Å². The Kier molecular flexibility index (Phi) is 6.63. The van der Waals surface area contributed by atoms with E-state index in [1.165, 1.54) is 6.42 Å². The van der Waals surface area contributed by atoms with E-state index >= 15 is 0 Å². The van der Waals surface area contributed by atoms with Crippen molar-refractivity contribution in [2.75, 3.05) is 0 Å². The Bertz CT molecular complexity index is 683. The van der Waals surface area contributed by atoms with Gasteiger partial charge in [0.15, 0.2) is 0 Å². The third-order valence-corrected chi connectivity index (χ3v) is 6.46. The molecule has 0 aliphatic heterocycles. The number of hydrogen-bond acceptors (Lipinski definition) is 3. The molecule has 2 rings (SSSR count). The van der Waals surface area contributed by atoms with Crippen LogP contribution in [-0.4, -0.2) is 26.4 Å². The lowest BCUT2D eigenvalue weighted by molar-refractivity contribution is -0.125. The maximum absolute atomic E-state index is 12.7. The summed E-state index contributed by atoms with van der Waals surface area (Å²) in [4.78, 5) is 12.9. The van der Waals surface area contributed by atoms with Crippen molar-refractivity contribution in [2.24, 2.45) is 11.8 Å². The van der Waals surface area contributed by atoms with Gasteiger partial charge in [-0.15, -0.1) is 0 Å². The quantitative estimate of drug-likeness (QED) is 0.813. The Hall–Kier alpha value is -1.40. The number of amides is 1. The Balaban J connectivity index is 2.11. The second kappa shape index (κ2) is 8.32. The largest absolute Gasteiger partial charge is 0.352 e. The SMILES string of the molecule is Cc1ccc(S(=O)(=O)N[C@H](C(=O)N[C@H]2CCCC[C@@H]2C)C(C)C)cc1. The molecule has 1 aromatic carbocycles. The molecule has 0 heterocycles. The fraction of sp³-hybridized carbons (Fsp3) is 0.632. The minimum Gasteiger partial charge on any atom is -0.352 e. The summed E-state index contributed by atoms with van der Waals surface area (Å²) < 4.78 is 27.8. The minimum atomic E-state index is -3.73. The Morgan fingerprint density at radius 3 is 2.28 bits per heavy atom. The van der Waals surface area contributed by atoms with Gasteiger partial charge in [-0.1, -0.05) is 51.3 Å². The van der Waals surface area contributed by atoms with Gasteiger partial charge < -0.3 is 5.32 Å². The van der Waals surface area contributed by atoms with Gasteiger partial charge in [0.25, 0.3) is 0 Å². The maximum atomic E-state index is 12.7. The van der Waals surface area contributed by atoms with Crippen LogP contribution in [0.3, 0.4) is 0 Å². The molecule has 140 valence electrons. The molecule has 5 nitrogen and oxygen atoms in total. The number of sulfonamides is 1. The van der Waals surface area contributed by atoms with Crippen molar-refractivity contribution in [3.8, 4) is 0 Å². The number of rotatable bonds is 6. The molecule has 1 fully saturated rings. The number of hydrogen-bond donors (Lipinski definition) is 2. The first kappa shape index (κ1) is 19.9. The molecule has 0 radical (unpaired) electrons. The normalized spacial score (nSPS) is 22.6. The first-order chi connectivity index (χ1) is 11.7. The molecule has 1 saturated carbocycles. The van der Waals surface area contributed by atoms with Gasteiger partial charge in [-0.2, -0.15) is 4.72 Å². The van der Waals surface area contributed by atoms with Gasteiger partial charge in [-0.3, -0.25) is 4.79 Å². The van der Waals surface area contributed by atoms with E-state index in [9.17, 15) is 13.2 Å². The summed E-state index contributed by atoms with van der Waals surface area (Å²) in [6, 6.07) is 5.99. The Labute approximate surface area is 151 Å². The van der Waals surface area contributed by atoms with Crippen LogP contribution in [-0.2, 0) is 14.8 Å². The summed E-state index contributed by atoms with van der Waals surface area (Å²) in [6.07, 6.45) is 4.37. The van der Waals surface area contributed by atoms with Gasteiger partial charge in [-0.05, 0) is 43.7 Å². The van der Waals surface area contributed by atoms with E-state index in [4.69, 9.17) is 0 Å². The van der Waals surface area contributed by atoms with Crippen LogP contribution >= 0.6 is 0 Å². The second-order valence-electron chi connectivity index (χ2n) is 7.53. The van der Waals surface area contributed by atoms with Crippen LogP contribution < -0.4 is 10.0 Å². The molecule has 0 spiro atoms. The number of nitrogens with one attached hydrogen (secondary N) is 2. The lowest BCUT2D eigenvalue weighted by Crippen LogP contribution is -2.53. The van der Waals surface area contributed by atoms with E-state index in [0.29, 0.717) is 5.92 Å². The first-order valence-electron chi connectivity index (χ1n) is 9.10. The van der Waals surface area contributed by atoms with Crippen LogP contribution in [0.15, 0.2) is 29.2 Å². The molecule has 25 heavy (non-hydrogen) atoms. The highest BCUT2D eigenvalue weighted by Crippen LogP contribution is 2.24. The van der Waals surface area contributed by atoms with E-state index < -0.39 is 16.1 Å². The van der Waals surface area contributed by atoms with Gasteiger partial charge >= 0.3 is 0 Å². The van der Waals surface area contributed by atoms with Crippen molar-refractivity contribution in [1.82, 2.24) is 10.0 Å². The predicted octanol–water partition coefficient (Wildman–Crippen LogP) is 2.99. The van der Waals surface area contributed by atoms with Crippen molar-refractivity contribution < 1.29 is 13.2 Å². The van der Waals surface area contributed by atoms with Crippen molar-refractivity contribution in [3.05, 3.63) is 29.8 Å². The average molecular weight is 367 g/mol. The molecule has 0 bridgehead atoms. The topological polar surface area (TPSA) is 75.3 Å². The van der Waals surface area contributed by atoms with Gasteiger partial charge in [0.1, 0.15) is 6.04 Å². The molecule has 2 N–H and O–H groups in total. The van der Waals surface area contributed by atoms with Gasteiger partial charge in [-0.25, -0.2) is 8.42 Å². The third-order valence-electron chi connectivity index (χ3n) is 5.00. The standard InChI is InChI=1S/C19H30N2O3S/c1-13(2)18(19(22)20-17-8-6-5-7-15(17)4)21-25(23,24)16-11-9-14(3)10-12-16/h9-13,15,17-18,21H,5-8H2,1-4H3,(H,20,22)/t15-,17-,18-/m0/s1. The summed E-state index contributed by atoms with van der Waals surface area (Å²) in [5.74, 6) is 0.0581. The fourth-order valence-electron chi connectivity index (χ4n) is 3.25. The zero-order chi connectivity index (χ0) is 18.6. The van der Waals surface area contributed by atoms with Crippen molar-refractivity contribution in [3.63, 3.8) is 0 Å². The Morgan fingerprint density at radius 1 is 1.12 bits per heavy atom. The number of benzene rings is 1. The number of aryl methyl sites for hydroxylation is 1. The van der Waals surface area contributed by atoms with E-state index in [1.807, 2.05) is 20.8 Å². The second-order valence-corrected chi connectivity index (χ2v) is 9.25. The molecule has 3 atom stereocenters. The predicted molar refractivity (Wildman–Crippen MR) is 99.7 cm³/mol. The van der Waals surface area contributed by atoms with Crippen LogP contribution in [0.1, 0.15) is 52.0 Å². The molecule has 0 saturated heterocycles. The van der Waals surface area contributed by atoms with Crippen molar-refractivity contribution in [1.29, 1.82) is 0 Å². The summed E-state index contributed by atoms with van der Waals surface area (Å²) in [6.45, 7) is 7.75. The zero-order valence-electron chi connectivity index (χ0n) is 15.6. The fourth-order valence-corrected chi connectivity index (χ4v) is 4.59. The van der Waals surface area contributed by atoms with Gasteiger partial charge in [0.05, 0.1) is 4.90 Å². The Morgan fingerprint density at radius 2 is 1.72 bits per heavy atom. The monoisotopic (exact) mass is 366 g/mol. The van der Waals surface area contributed by atoms with Crippen LogP contribution in [0.2, 0.25) is 0 Å². The molecule has 0 unspecified atom stereocenters. The van der Waals surface area contributed by atoms with Crippen LogP contribution in [0, 0.1) is 18.8 Å². The average Bonchev–Trinajstić information content (AvgIpc) is 2.55. The molecule has 0 aromatic heterocycles. The summed E-state index contributed by atoms with van der Waals surface area (Å²) in [7, 11) is -3.73. The van der Waals surface area contributed by atoms with Crippen molar-refractivity contribution in [2.45, 2.75) is 70.4 Å². The maximum Gasteiger partial charge on any atom is 0.241 e. The summed E-state index contributed by atoms with van der Waals surface area (Å²) in [5.41, 5.74) is 0.989. The molecule has 1 amide bonds. The summed E-state index contributed by atoms with van der Waals surface area (Å²) >= 11 is 0. The van der Waals surface area contributed by atoms with Gasteiger partial charge in [0.2, 0.25) is 15.9 Å². The minimum absolute atomic E-state index is 0.131. The van der Waals surface area contributed by atoms with E-state index in [2.05, 4.69) is 17.0 Å². The highest BCUT2D eigenvalue weighted by molar-refractivity contribution is 7.89. The molecular formula is C19H30N2O3S. The van der Waals surface area contributed by atoms with Crippen LogP contribution in [0.25, 0.3) is 0 Å². The van der Waals surface area contributed by atoms with Gasteiger partial charge in [0, 0.05) is 6.04 Å². The number of carbonyl (C=O) groups is 1. The molecule has 1 aliphatic rings. The molecular weight excluding hydrogens is 336 g/mol. The molecule has 1 aromatic rings. The third kappa shape index (κ3) is 5.28. The summed E-state index contributed by atoms with van der Waals surface area (Å²) in [5, 5.41) is 3.07. The van der Waals surface area contributed by atoms with E-state index in [-0.39, 0.29) is 22.8 Å². The van der Waals surface area contributed by atoms with Crippen molar-refractivity contribution >= 4 is 15.9 Å². The smallest absolute Gasteiger partial charge is 0.241 e. The van der Waals surface area contributed by atoms with Crippen LogP contribution in [0.4, 0.5) is 0 Å². The zero-order valence-corrected chi connectivity index (χ0v) is 16.4. The number of carbonyl (C=O) groups excluding carboxylic acids is 1. The lowest BCUT2D eigenvalue weighted by Gasteiger charge is -2.32.